The van der Waals surface area contributed by atoms with Crippen LogP contribution in [0.15, 0.2) is 36.7 Å². The molecular formula is C13H16N3+. The van der Waals surface area contributed by atoms with Crippen molar-refractivity contribution in [2.75, 3.05) is 0 Å². The van der Waals surface area contributed by atoms with E-state index in [9.17, 15) is 0 Å². The van der Waals surface area contributed by atoms with Crippen LogP contribution < -0.4 is 4.57 Å². The summed E-state index contributed by atoms with van der Waals surface area (Å²) in [5.41, 5.74) is 1.14. The number of hydrogen-bond donors (Lipinski definition) is 0. The normalized spacial score (nSPS) is 18.7. The fourth-order valence-corrected chi connectivity index (χ4v) is 2.41. The number of hydrogen-bond acceptors (Lipinski definition) is 1. The molecule has 1 aliphatic rings. The van der Waals surface area contributed by atoms with Crippen molar-refractivity contribution in [2.24, 2.45) is 0 Å². The van der Waals surface area contributed by atoms with E-state index in [1.165, 1.54) is 18.7 Å². The molecule has 3 nitrogen and oxygen atoms in total. The van der Waals surface area contributed by atoms with Gasteiger partial charge in [0.25, 0.3) is 5.82 Å². The van der Waals surface area contributed by atoms with Gasteiger partial charge in [-0.2, -0.15) is 0 Å². The minimum absolute atomic E-state index is 0.646. The number of para-hydroxylation sites is 1. The zero-order chi connectivity index (χ0) is 11.0. The van der Waals surface area contributed by atoms with Crippen LogP contribution in [-0.2, 0) is 6.42 Å². The molecule has 16 heavy (non-hydrogen) atoms. The lowest BCUT2D eigenvalue weighted by Crippen LogP contribution is -2.35. The predicted octanol–water partition coefficient (Wildman–Crippen LogP) is 2.06. The maximum Gasteiger partial charge on any atom is 0.278 e. The summed E-state index contributed by atoms with van der Waals surface area (Å²) in [6.07, 6.45) is 5.68. The highest BCUT2D eigenvalue weighted by molar-refractivity contribution is 5.28. The molecule has 82 valence electrons. The summed E-state index contributed by atoms with van der Waals surface area (Å²) in [5.74, 6) is 1.22. The molecule has 0 saturated carbocycles. The van der Waals surface area contributed by atoms with E-state index in [0.717, 1.165) is 12.1 Å². The molecule has 0 saturated heterocycles. The van der Waals surface area contributed by atoms with Gasteiger partial charge < -0.3 is 0 Å². The quantitative estimate of drug-likeness (QED) is 0.701. The second kappa shape index (κ2) is 3.74. The average molecular weight is 214 g/mol. The molecule has 1 aliphatic heterocycles. The van der Waals surface area contributed by atoms with Crippen molar-refractivity contribution in [2.45, 2.75) is 32.2 Å². The minimum Gasteiger partial charge on any atom is -0.231 e. The molecule has 0 radical (unpaired) electrons. The predicted molar refractivity (Wildman–Crippen MR) is 61.4 cm³/mol. The van der Waals surface area contributed by atoms with Crippen molar-refractivity contribution < 1.29 is 4.57 Å². The minimum atomic E-state index is 0.646. The van der Waals surface area contributed by atoms with Crippen LogP contribution in [0.5, 0.6) is 0 Å². The highest BCUT2D eigenvalue weighted by Gasteiger charge is 2.30. The molecule has 1 atom stereocenters. The van der Waals surface area contributed by atoms with Crippen molar-refractivity contribution in [3.05, 3.63) is 42.5 Å². The van der Waals surface area contributed by atoms with Gasteiger partial charge in [-0.25, -0.2) is 4.57 Å². The summed E-state index contributed by atoms with van der Waals surface area (Å²) >= 11 is 0. The highest BCUT2D eigenvalue weighted by atomic mass is 15.4. The van der Waals surface area contributed by atoms with E-state index in [1.807, 2.05) is 22.9 Å². The maximum absolute atomic E-state index is 4.64. The van der Waals surface area contributed by atoms with E-state index >= 15 is 0 Å². The lowest BCUT2D eigenvalue weighted by atomic mass is 10.2. The van der Waals surface area contributed by atoms with Gasteiger partial charge in [0.1, 0.15) is 5.69 Å². The fraction of sp³-hybridized carbons (Fsp3) is 0.385. The molecule has 0 amide bonds. The van der Waals surface area contributed by atoms with Crippen LogP contribution in [-0.4, -0.2) is 9.78 Å². The third-order valence-corrected chi connectivity index (χ3v) is 3.34. The van der Waals surface area contributed by atoms with Crippen molar-refractivity contribution in [1.29, 1.82) is 0 Å². The summed E-state index contributed by atoms with van der Waals surface area (Å²) in [6.45, 7) is 2.24. The molecular weight excluding hydrogens is 198 g/mol. The van der Waals surface area contributed by atoms with Crippen molar-refractivity contribution >= 4 is 0 Å². The van der Waals surface area contributed by atoms with Crippen LogP contribution in [0.25, 0.3) is 5.69 Å². The summed E-state index contributed by atoms with van der Waals surface area (Å²) < 4.78 is 4.31. The van der Waals surface area contributed by atoms with Gasteiger partial charge in [-0.15, -0.1) is 0 Å². The third-order valence-electron chi connectivity index (χ3n) is 3.34. The molecule has 0 N–H and O–H groups in total. The number of rotatable bonds is 2. The van der Waals surface area contributed by atoms with Gasteiger partial charge in [-0.3, -0.25) is 0 Å². The van der Waals surface area contributed by atoms with Crippen LogP contribution in [0.2, 0.25) is 0 Å². The average Bonchev–Trinajstić information content (AvgIpc) is 2.89. The monoisotopic (exact) mass is 214 g/mol. The van der Waals surface area contributed by atoms with Crippen molar-refractivity contribution in [3.8, 4) is 5.69 Å². The molecule has 0 spiro atoms. The summed E-state index contributed by atoms with van der Waals surface area (Å²) in [6, 6.07) is 10.9. The number of nitrogens with zero attached hydrogens (tertiary/aromatic N) is 3. The van der Waals surface area contributed by atoms with E-state index < -0.39 is 0 Å². The van der Waals surface area contributed by atoms with Crippen molar-refractivity contribution in [1.82, 2.24) is 9.78 Å². The van der Waals surface area contributed by atoms with E-state index in [2.05, 4.69) is 35.0 Å². The van der Waals surface area contributed by atoms with E-state index in [1.54, 1.807) is 0 Å². The van der Waals surface area contributed by atoms with Crippen LogP contribution in [0, 0.1) is 0 Å². The molecule has 3 rings (SSSR count). The Balaban J connectivity index is 2.00. The molecule has 1 aromatic carbocycles. The lowest BCUT2D eigenvalue weighted by Gasteiger charge is -2.02. The molecule has 1 unspecified atom stereocenters. The van der Waals surface area contributed by atoms with Crippen LogP contribution >= 0.6 is 0 Å². The van der Waals surface area contributed by atoms with E-state index in [4.69, 9.17) is 0 Å². The van der Waals surface area contributed by atoms with Gasteiger partial charge >= 0.3 is 0 Å². The first-order chi connectivity index (χ1) is 7.88. The van der Waals surface area contributed by atoms with Gasteiger partial charge in [-0.1, -0.05) is 29.8 Å². The Kier molecular flexibility index (Phi) is 2.24. The highest BCUT2D eigenvalue weighted by Crippen LogP contribution is 2.19. The Morgan fingerprint density at radius 1 is 1.38 bits per heavy atom. The second-order valence-electron chi connectivity index (χ2n) is 4.32. The Morgan fingerprint density at radius 2 is 2.19 bits per heavy atom. The van der Waals surface area contributed by atoms with Crippen LogP contribution in [0.1, 0.15) is 31.6 Å². The first kappa shape index (κ1) is 9.58. The summed E-state index contributed by atoms with van der Waals surface area (Å²) in [7, 11) is 0. The van der Waals surface area contributed by atoms with Gasteiger partial charge in [0.05, 0.1) is 6.04 Å². The number of fused-ring (bicyclic) bond motifs is 1. The fourth-order valence-electron chi connectivity index (χ4n) is 2.41. The van der Waals surface area contributed by atoms with Gasteiger partial charge in [-0.05, 0) is 25.0 Å². The summed E-state index contributed by atoms with van der Waals surface area (Å²) in [5, 5.41) is 4.64. The van der Waals surface area contributed by atoms with Crippen LogP contribution in [0.4, 0.5) is 0 Å². The largest absolute Gasteiger partial charge is 0.278 e. The molecule has 0 fully saturated rings. The number of aryl methyl sites for hydroxylation is 1. The number of benzene rings is 1. The third kappa shape index (κ3) is 1.43. The molecule has 0 aliphatic carbocycles. The first-order valence-corrected chi connectivity index (χ1v) is 5.93. The maximum atomic E-state index is 4.64. The zero-order valence-corrected chi connectivity index (χ0v) is 9.50. The Labute approximate surface area is 95.3 Å². The SMILES string of the molecule is CCC1CCc2nn(-c3ccccc3)c[n+]21. The second-order valence-corrected chi connectivity index (χ2v) is 4.32. The van der Waals surface area contributed by atoms with Gasteiger partial charge in [0, 0.05) is 11.5 Å². The summed E-state index contributed by atoms with van der Waals surface area (Å²) in [4.78, 5) is 0. The Hall–Kier alpha value is -1.64. The van der Waals surface area contributed by atoms with E-state index in [-0.39, 0.29) is 0 Å². The molecule has 0 bridgehead atoms. The molecule has 1 aromatic heterocycles. The zero-order valence-electron chi connectivity index (χ0n) is 9.50. The standard InChI is InChI=1S/C13H16N3/c1-2-11-8-9-13-14-16(10-15(11)13)12-6-4-3-5-7-12/h3-7,10-11H,2,8-9H2,1H3/q+1. The molecule has 2 aromatic rings. The lowest BCUT2D eigenvalue weighted by molar-refractivity contribution is -0.717. The van der Waals surface area contributed by atoms with Gasteiger partial charge in [0.2, 0.25) is 6.33 Å². The Morgan fingerprint density at radius 3 is 2.94 bits per heavy atom. The topological polar surface area (TPSA) is 21.7 Å². The first-order valence-electron chi connectivity index (χ1n) is 5.93. The van der Waals surface area contributed by atoms with Crippen molar-refractivity contribution in [3.63, 3.8) is 0 Å². The van der Waals surface area contributed by atoms with E-state index in [0.29, 0.717) is 6.04 Å². The Bertz CT molecular complexity index is 487. The molecule has 3 heteroatoms. The number of aromatic nitrogens is 3. The molecule has 2 heterocycles. The smallest absolute Gasteiger partial charge is 0.231 e. The van der Waals surface area contributed by atoms with Gasteiger partial charge in [0.15, 0.2) is 0 Å². The van der Waals surface area contributed by atoms with Crippen LogP contribution in [0.3, 0.4) is 0 Å².